The Hall–Kier alpha value is -2.46. The molecule has 6 atom stereocenters. The molecular formula is C75H142O17P2. The number of hydrogen-bond donors (Lipinski definition) is 3. The van der Waals surface area contributed by atoms with Crippen LogP contribution in [0, 0.1) is 17.8 Å². The van der Waals surface area contributed by atoms with Gasteiger partial charge in [-0.1, -0.05) is 304 Å². The fourth-order valence-corrected chi connectivity index (χ4v) is 12.4. The van der Waals surface area contributed by atoms with Crippen LogP contribution in [0.4, 0.5) is 0 Å². The van der Waals surface area contributed by atoms with Gasteiger partial charge >= 0.3 is 39.5 Å². The summed E-state index contributed by atoms with van der Waals surface area (Å²) in [4.78, 5) is 72.7. The Bertz CT molecular complexity index is 1930. The summed E-state index contributed by atoms with van der Waals surface area (Å²) in [5, 5.41) is 10.6. The van der Waals surface area contributed by atoms with E-state index < -0.39 is 97.5 Å². The van der Waals surface area contributed by atoms with E-state index in [1.165, 1.54) is 141 Å². The fourth-order valence-electron chi connectivity index (χ4n) is 10.9. The molecule has 0 aliphatic rings. The molecule has 3 N–H and O–H groups in total. The van der Waals surface area contributed by atoms with Crippen LogP contribution >= 0.6 is 15.6 Å². The van der Waals surface area contributed by atoms with Gasteiger partial charge in [0.05, 0.1) is 26.4 Å². The number of allylic oxidation sites excluding steroid dienone is 4. The van der Waals surface area contributed by atoms with E-state index in [2.05, 4.69) is 72.8 Å². The molecule has 0 radical (unpaired) electrons. The van der Waals surface area contributed by atoms with Crippen molar-refractivity contribution in [3.05, 3.63) is 24.3 Å². The Balaban J connectivity index is 5.29. The average molecular weight is 1380 g/mol. The van der Waals surface area contributed by atoms with Crippen LogP contribution < -0.4 is 0 Å². The lowest BCUT2D eigenvalue weighted by molar-refractivity contribution is -0.161. The molecule has 4 unspecified atom stereocenters. The number of esters is 4. The van der Waals surface area contributed by atoms with Gasteiger partial charge in [-0.3, -0.25) is 37.3 Å². The minimum atomic E-state index is -4.96. The summed E-state index contributed by atoms with van der Waals surface area (Å²) in [6.07, 6.45) is 53.6. The Morgan fingerprint density at radius 3 is 0.947 bits per heavy atom. The van der Waals surface area contributed by atoms with Crippen LogP contribution in [0.1, 0.15) is 357 Å². The second kappa shape index (κ2) is 65.2. The first-order valence-corrected chi connectivity index (χ1v) is 41.2. The third-order valence-corrected chi connectivity index (χ3v) is 19.0. The van der Waals surface area contributed by atoms with Gasteiger partial charge in [-0.2, -0.15) is 0 Å². The maximum atomic E-state index is 13.1. The van der Waals surface area contributed by atoms with Crippen LogP contribution in [0.2, 0.25) is 0 Å². The highest BCUT2D eigenvalue weighted by Crippen LogP contribution is 2.45. The van der Waals surface area contributed by atoms with Gasteiger partial charge in [0, 0.05) is 25.7 Å². The number of carbonyl (C=O) groups is 4. The van der Waals surface area contributed by atoms with E-state index in [-0.39, 0.29) is 25.7 Å². The monoisotopic (exact) mass is 1380 g/mol. The van der Waals surface area contributed by atoms with Crippen LogP contribution in [0.3, 0.4) is 0 Å². The number of aliphatic hydroxyl groups excluding tert-OH is 1. The molecule has 0 saturated carbocycles. The van der Waals surface area contributed by atoms with E-state index in [1.807, 2.05) is 0 Å². The van der Waals surface area contributed by atoms with Crippen molar-refractivity contribution < 1.29 is 80.2 Å². The number of hydrogen-bond acceptors (Lipinski definition) is 15. The number of aliphatic hydroxyl groups is 1. The smallest absolute Gasteiger partial charge is 0.462 e. The van der Waals surface area contributed by atoms with E-state index in [0.29, 0.717) is 31.6 Å². The Morgan fingerprint density at radius 1 is 0.351 bits per heavy atom. The van der Waals surface area contributed by atoms with Gasteiger partial charge in [-0.15, -0.1) is 0 Å². The molecule has 0 heterocycles. The third kappa shape index (κ3) is 66.8. The number of unbranched alkanes of at least 4 members (excludes halogenated alkanes) is 35. The lowest BCUT2D eigenvalue weighted by Crippen LogP contribution is -2.30. The van der Waals surface area contributed by atoms with Crippen LogP contribution in [0.5, 0.6) is 0 Å². The van der Waals surface area contributed by atoms with E-state index in [0.717, 1.165) is 127 Å². The Kier molecular flexibility index (Phi) is 63.5. The molecule has 554 valence electrons. The highest BCUT2D eigenvalue weighted by atomic mass is 31.2. The molecule has 0 rings (SSSR count). The van der Waals surface area contributed by atoms with Crippen molar-refractivity contribution in [1.29, 1.82) is 0 Å². The first kappa shape index (κ1) is 91.5. The molecule has 17 nitrogen and oxygen atoms in total. The molecule has 0 spiro atoms. The second-order valence-electron chi connectivity index (χ2n) is 27.5. The molecule has 94 heavy (non-hydrogen) atoms. The zero-order valence-corrected chi connectivity index (χ0v) is 62.7. The standard InChI is InChI=1S/C75H142O17P2/c1-8-10-11-12-13-14-15-16-17-21-24-27-35-42-49-56-72(77)85-62-70(91-74(79)58-51-44-36-28-25-22-19-18-20-23-26-32-39-46-53-66(3)4)64-89-93(81,82)87-60-69(76)61-88-94(83,84)90-65-71(63-86-73(78)57-50-43-38-31-33-40-47-54-67(5)6)92-75(80)59-52-45-37-30-29-34-41-48-55-68(7)9-2/h14-17,66-71,76H,8-13,18-65H2,1-7H3,(H,81,82)(H,83,84)/b15-14-,17-16-/t68?,69?,70-,71-/m1/s1. The van der Waals surface area contributed by atoms with Crippen LogP contribution in [0.25, 0.3) is 0 Å². The first-order chi connectivity index (χ1) is 45.3. The van der Waals surface area contributed by atoms with Crippen molar-refractivity contribution in [2.24, 2.45) is 17.8 Å². The zero-order valence-electron chi connectivity index (χ0n) is 60.9. The van der Waals surface area contributed by atoms with Gasteiger partial charge in [-0.25, -0.2) is 9.13 Å². The summed E-state index contributed by atoms with van der Waals surface area (Å²) < 4.78 is 68.4. The minimum absolute atomic E-state index is 0.100. The van der Waals surface area contributed by atoms with Gasteiger partial charge < -0.3 is 33.8 Å². The molecule has 0 aromatic carbocycles. The Labute approximate surface area is 573 Å². The summed E-state index contributed by atoms with van der Waals surface area (Å²) in [6.45, 7) is 11.8. The third-order valence-electron chi connectivity index (χ3n) is 17.1. The zero-order chi connectivity index (χ0) is 69.4. The predicted octanol–water partition coefficient (Wildman–Crippen LogP) is 21.3. The molecule has 19 heteroatoms. The Morgan fingerprint density at radius 2 is 0.628 bits per heavy atom. The number of phosphoric acid groups is 2. The summed E-state index contributed by atoms with van der Waals surface area (Å²) >= 11 is 0. The molecule has 0 amide bonds. The van der Waals surface area contributed by atoms with E-state index in [4.69, 9.17) is 37.0 Å². The molecule has 0 fully saturated rings. The SMILES string of the molecule is CCCCCC/C=C\C=C/CCCCCCCC(=O)OC[C@H](COP(=O)(O)OCC(O)COP(=O)(O)OC[C@@H](COC(=O)CCCCCCCCCC(C)C)OC(=O)CCCCCCCCCCC(C)CC)OC(=O)CCCCCCCCCCCCCCCCC(C)C. The summed E-state index contributed by atoms with van der Waals surface area (Å²) in [5.74, 6) is 0.112. The van der Waals surface area contributed by atoms with E-state index in [1.54, 1.807) is 0 Å². The normalized spacial score (nSPS) is 14.6. The van der Waals surface area contributed by atoms with Crippen molar-refractivity contribution in [3.63, 3.8) is 0 Å². The molecule has 0 aliphatic heterocycles. The van der Waals surface area contributed by atoms with Crippen molar-refractivity contribution in [2.45, 2.75) is 375 Å². The molecule has 0 saturated heterocycles. The molecular weight excluding hydrogens is 1230 g/mol. The highest BCUT2D eigenvalue weighted by Gasteiger charge is 2.30. The molecule has 0 aromatic heterocycles. The van der Waals surface area contributed by atoms with Gasteiger partial charge in [0.2, 0.25) is 0 Å². The van der Waals surface area contributed by atoms with Gasteiger partial charge in [0.1, 0.15) is 19.3 Å². The molecule has 0 aromatic rings. The highest BCUT2D eigenvalue weighted by molar-refractivity contribution is 7.47. The van der Waals surface area contributed by atoms with Gasteiger partial charge in [0.25, 0.3) is 0 Å². The molecule has 0 aliphatic carbocycles. The second-order valence-corrected chi connectivity index (χ2v) is 30.5. The summed E-state index contributed by atoms with van der Waals surface area (Å²) in [5.41, 5.74) is 0. The first-order valence-electron chi connectivity index (χ1n) is 38.2. The lowest BCUT2D eigenvalue weighted by atomic mass is 9.99. The van der Waals surface area contributed by atoms with Gasteiger partial charge in [0.15, 0.2) is 12.2 Å². The van der Waals surface area contributed by atoms with Crippen LogP contribution in [0.15, 0.2) is 24.3 Å². The summed E-state index contributed by atoms with van der Waals surface area (Å²) in [6, 6.07) is 0. The molecule has 0 bridgehead atoms. The number of carbonyl (C=O) groups excluding carboxylic acids is 4. The van der Waals surface area contributed by atoms with Crippen molar-refractivity contribution in [2.75, 3.05) is 39.6 Å². The summed E-state index contributed by atoms with van der Waals surface area (Å²) in [7, 11) is -9.92. The maximum Gasteiger partial charge on any atom is 0.472 e. The van der Waals surface area contributed by atoms with Crippen molar-refractivity contribution >= 4 is 39.5 Å². The van der Waals surface area contributed by atoms with Crippen LogP contribution in [-0.2, 0) is 65.4 Å². The van der Waals surface area contributed by atoms with E-state index in [9.17, 15) is 43.2 Å². The minimum Gasteiger partial charge on any atom is -0.462 e. The van der Waals surface area contributed by atoms with Crippen molar-refractivity contribution in [1.82, 2.24) is 0 Å². The quantitative estimate of drug-likeness (QED) is 0.0169. The number of ether oxygens (including phenoxy) is 4. The van der Waals surface area contributed by atoms with Crippen LogP contribution in [-0.4, -0.2) is 96.7 Å². The predicted molar refractivity (Wildman–Crippen MR) is 381 cm³/mol. The maximum absolute atomic E-state index is 13.1. The average Bonchev–Trinajstić information content (AvgIpc) is 1.63. The van der Waals surface area contributed by atoms with Crippen molar-refractivity contribution in [3.8, 4) is 0 Å². The lowest BCUT2D eigenvalue weighted by Gasteiger charge is -2.21. The topological polar surface area (TPSA) is 237 Å². The number of phosphoric ester groups is 2. The van der Waals surface area contributed by atoms with Gasteiger partial charge in [-0.05, 0) is 69.1 Å². The largest absolute Gasteiger partial charge is 0.472 e. The number of rotatable bonds is 71. The van der Waals surface area contributed by atoms with E-state index >= 15 is 0 Å². The fraction of sp³-hybridized carbons (Fsp3) is 0.893.